The maximum absolute atomic E-state index is 13.1. The van der Waals surface area contributed by atoms with Crippen LogP contribution in [0.2, 0.25) is 0 Å². The van der Waals surface area contributed by atoms with Gasteiger partial charge in [0.2, 0.25) is 5.82 Å². The first kappa shape index (κ1) is 13.6. The quantitative estimate of drug-likeness (QED) is 0.255. The predicted octanol–water partition coefficient (Wildman–Crippen LogP) is 3.60. The summed E-state index contributed by atoms with van der Waals surface area (Å²) in [5.74, 6) is -9.80. The largest absolute Gasteiger partial charge is 0.292 e. The molecule has 17 heavy (non-hydrogen) atoms. The number of nitrogens with zero attached hydrogens (tertiary/aromatic N) is 1. The summed E-state index contributed by atoms with van der Waals surface area (Å²) in [6.45, 7) is 2.16. The van der Waals surface area contributed by atoms with E-state index in [1.165, 1.54) is 0 Å². The minimum absolute atomic E-state index is 0.274. The smallest absolute Gasteiger partial charge is 0.200 e. The zero-order chi connectivity index (χ0) is 13.0. The second-order valence-electron chi connectivity index (χ2n) is 3.37. The fourth-order valence-electron chi connectivity index (χ4n) is 1.14. The fourth-order valence-corrected chi connectivity index (χ4v) is 1.14. The van der Waals surface area contributed by atoms with Crippen molar-refractivity contribution in [3.05, 3.63) is 34.6 Å². The van der Waals surface area contributed by atoms with Crippen LogP contribution in [0, 0.1) is 29.1 Å². The summed E-state index contributed by atoms with van der Waals surface area (Å²) in [5.41, 5.74) is -1.00. The normalized spacial score (nSPS) is 11.4. The van der Waals surface area contributed by atoms with Gasteiger partial charge in [-0.05, 0) is 6.42 Å². The van der Waals surface area contributed by atoms with Crippen molar-refractivity contribution in [2.75, 3.05) is 6.54 Å². The average Bonchev–Trinajstić information content (AvgIpc) is 2.33. The van der Waals surface area contributed by atoms with Crippen molar-refractivity contribution in [2.24, 2.45) is 4.99 Å². The minimum Gasteiger partial charge on any atom is -0.292 e. The highest BCUT2D eigenvalue weighted by Gasteiger charge is 2.24. The molecule has 0 saturated carbocycles. The molecule has 0 bridgehead atoms. The lowest BCUT2D eigenvalue weighted by molar-refractivity contribution is 0.377. The maximum Gasteiger partial charge on any atom is 0.200 e. The van der Waals surface area contributed by atoms with Gasteiger partial charge in [-0.2, -0.15) is 0 Å². The Kier molecular flexibility index (Phi) is 4.60. The van der Waals surface area contributed by atoms with Gasteiger partial charge in [-0.15, -0.1) is 0 Å². The van der Waals surface area contributed by atoms with E-state index in [0.29, 0.717) is 12.6 Å². The molecule has 0 aliphatic heterocycles. The van der Waals surface area contributed by atoms with Crippen molar-refractivity contribution < 1.29 is 22.0 Å². The van der Waals surface area contributed by atoms with Crippen LogP contribution in [0.15, 0.2) is 4.99 Å². The highest BCUT2D eigenvalue weighted by atomic mass is 19.2. The standard InChI is InChI=1S/C11H10F5N/c1-2-3-4-17-5-6-7(12)9(14)11(16)10(15)8(6)13/h5H,2-4H2,1H3. The van der Waals surface area contributed by atoms with Crippen LogP contribution < -0.4 is 0 Å². The van der Waals surface area contributed by atoms with Crippen LogP contribution in [0.5, 0.6) is 0 Å². The van der Waals surface area contributed by atoms with Gasteiger partial charge in [0.1, 0.15) is 0 Å². The van der Waals surface area contributed by atoms with Gasteiger partial charge < -0.3 is 0 Å². The minimum atomic E-state index is -2.16. The van der Waals surface area contributed by atoms with E-state index in [0.717, 1.165) is 6.42 Å². The van der Waals surface area contributed by atoms with Crippen molar-refractivity contribution in [3.63, 3.8) is 0 Å². The first-order valence-corrected chi connectivity index (χ1v) is 5.02. The Bertz CT molecular complexity index is 413. The maximum atomic E-state index is 13.1. The molecule has 0 fully saturated rings. The van der Waals surface area contributed by atoms with Crippen LogP contribution in [0.25, 0.3) is 0 Å². The molecule has 0 amide bonds. The van der Waals surface area contributed by atoms with Crippen LogP contribution in [-0.2, 0) is 0 Å². The van der Waals surface area contributed by atoms with Crippen LogP contribution in [0.1, 0.15) is 25.3 Å². The molecule has 0 N–H and O–H groups in total. The monoisotopic (exact) mass is 251 g/mol. The highest BCUT2D eigenvalue weighted by molar-refractivity contribution is 5.80. The molecular weight excluding hydrogens is 241 g/mol. The highest BCUT2D eigenvalue weighted by Crippen LogP contribution is 2.21. The molecular formula is C11H10F5N. The number of hydrogen-bond donors (Lipinski definition) is 0. The van der Waals surface area contributed by atoms with E-state index < -0.39 is 34.6 Å². The van der Waals surface area contributed by atoms with Gasteiger partial charge in [0.25, 0.3) is 0 Å². The van der Waals surface area contributed by atoms with Crippen LogP contribution >= 0.6 is 0 Å². The van der Waals surface area contributed by atoms with E-state index in [9.17, 15) is 22.0 Å². The van der Waals surface area contributed by atoms with E-state index >= 15 is 0 Å². The molecule has 1 aromatic rings. The molecule has 1 rings (SSSR count). The second kappa shape index (κ2) is 5.75. The van der Waals surface area contributed by atoms with Gasteiger partial charge in [0.05, 0.1) is 5.56 Å². The molecule has 0 radical (unpaired) electrons. The van der Waals surface area contributed by atoms with E-state index in [1.54, 1.807) is 0 Å². The van der Waals surface area contributed by atoms with Crippen LogP contribution in [0.4, 0.5) is 22.0 Å². The Labute approximate surface area is 95.0 Å². The number of rotatable bonds is 4. The van der Waals surface area contributed by atoms with Gasteiger partial charge >= 0.3 is 0 Å². The summed E-state index contributed by atoms with van der Waals surface area (Å²) in [5, 5.41) is 0. The van der Waals surface area contributed by atoms with Crippen LogP contribution in [0.3, 0.4) is 0 Å². The van der Waals surface area contributed by atoms with E-state index in [2.05, 4.69) is 4.99 Å². The van der Waals surface area contributed by atoms with Crippen LogP contribution in [-0.4, -0.2) is 12.8 Å². The summed E-state index contributed by atoms with van der Waals surface area (Å²) in [4.78, 5) is 3.60. The van der Waals surface area contributed by atoms with E-state index in [4.69, 9.17) is 0 Å². The number of benzene rings is 1. The molecule has 0 aliphatic carbocycles. The van der Waals surface area contributed by atoms with Crippen molar-refractivity contribution in [2.45, 2.75) is 19.8 Å². The lowest BCUT2D eigenvalue weighted by Gasteiger charge is -2.03. The molecule has 94 valence electrons. The molecule has 0 aromatic heterocycles. The van der Waals surface area contributed by atoms with Crippen molar-refractivity contribution in [3.8, 4) is 0 Å². The molecule has 0 spiro atoms. The molecule has 0 unspecified atom stereocenters. The molecule has 1 nitrogen and oxygen atoms in total. The Hall–Kier alpha value is -1.46. The SMILES string of the molecule is CCCCN=Cc1c(F)c(F)c(F)c(F)c1F. The second-order valence-corrected chi connectivity index (χ2v) is 3.37. The number of aliphatic imine (C=N–C) groups is 1. The van der Waals surface area contributed by atoms with Gasteiger partial charge in [0, 0.05) is 12.8 Å². The van der Waals surface area contributed by atoms with E-state index in [1.807, 2.05) is 6.92 Å². The van der Waals surface area contributed by atoms with E-state index in [-0.39, 0.29) is 6.54 Å². The number of halogens is 5. The zero-order valence-electron chi connectivity index (χ0n) is 9.04. The molecule has 6 heteroatoms. The summed E-state index contributed by atoms with van der Waals surface area (Å²) < 4.78 is 64.4. The van der Waals surface area contributed by atoms with Gasteiger partial charge in [-0.25, -0.2) is 22.0 Å². The lowest BCUT2D eigenvalue weighted by Crippen LogP contribution is -2.06. The van der Waals surface area contributed by atoms with Crippen molar-refractivity contribution in [1.29, 1.82) is 0 Å². The lowest BCUT2D eigenvalue weighted by atomic mass is 10.2. The molecule has 0 atom stereocenters. The zero-order valence-corrected chi connectivity index (χ0v) is 9.04. The molecule has 0 aliphatic rings. The Morgan fingerprint density at radius 2 is 1.35 bits per heavy atom. The third-order valence-corrected chi connectivity index (χ3v) is 2.10. The Morgan fingerprint density at radius 1 is 0.882 bits per heavy atom. The molecule has 0 saturated heterocycles. The Balaban J connectivity index is 3.12. The van der Waals surface area contributed by atoms with Gasteiger partial charge in [0.15, 0.2) is 23.3 Å². The third kappa shape index (κ3) is 2.81. The Morgan fingerprint density at radius 3 is 1.82 bits per heavy atom. The van der Waals surface area contributed by atoms with Gasteiger partial charge in [-0.3, -0.25) is 4.99 Å². The summed E-state index contributed by atoms with van der Waals surface area (Å²) in [6.07, 6.45) is 2.16. The summed E-state index contributed by atoms with van der Waals surface area (Å²) >= 11 is 0. The number of unbranched alkanes of at least 4 members (excludes halogenated alkanes) is 1. The number of hydrogen-bond acceptors (Lipinski definition) is 1. The predicted molar refractivity (Wildman–Crippen MR) is 53.6 cm³/mol. The third-order valence-electron chi connectivity index (χ3n) is 2.10. The van der Waals surface area contributed by atoms with Crippen molar-refractivity contribution >= 4 is 6.21 Å². The molecule has 1 aromatic carbocycles. The van der Waals surface area contributed by atoms with Crippen molar-refractivity contribution in [1.82, 2.24) is 0 Å². The fraction of sp³-hybridized carbons (Fsp3) is 0.364. The summed E-state index contributed by atoms with van der Waals surface area (Å²) in [7, 11) is 0. The average molecular weight is 251 g/mol. The first-order valence-electron chi connectivity index (χ1n) is 5.02. The summed E-state index contributed by atoms with van der Waals surface area (Å²) in [6, 6.07) is 0. The van der Waals surface area contributed by atoms with Gasteiger partial charge in [-0.1, -0.05) is 13.3 Å². The first-order chi connectivity index (χ1) is 8.00. The molecule has 0 heterocycles. The topological polar surface area (TPSA) is 12.4 Å².